The molecule has 0 atom stereocenters. The standard InChI is InChI=1S/C15H21N3/c1-9-5-6-13(11(3)10(9)2)15-12(4)17-18-14(15)7-8-16/h5-6H,7-8,16H2,1-4H3,(H,17,18). The Morgan fingerprint density at radius 1 is 1.11 bits per heavy atom. The van der Waals surface area contributed by atoms with E-state index in [0.29, 0.717) is 6.54 Å². The highest BCUT2D eigenvalue weighted by Crippen LogP contribution is 2.31. The van der Waals surface area contributed by atoms with Crippen LogP contribution in [0.3, 0.4) is 0 Å². The lowest BCUT2D eigenvalue weighted by Gasteiger charge is -2.12. The monoisotopic (exact) mass is 243 g/mol. The number of rotatable bonds is 3. The van der Waals surface area contributed by atoms with Crippen molar-refractivity contribution in [1.29, 1.82) is 0 Å². The molecule has 1 aromatic carbocycles. The number of aryl methyl sites for hydroxylation is 2. The lowest BCUT2D eigenvalue weighted by molar-refractivity contribution is 0.898. The highest BCUT2D eigenvalue weighted by molar-refractivity contribution is 5.73. The number of nitrogens with zero attached hydrogens (tertiary/aromatic N) is 1. The highest BCUT2D eigenvalue weighted by atomic mass is 15.1. The molecule has 3 N–H and O–H groups in total. The van der Waals surface area contributed by atoms with Gasteiger partial charge < -0.3 is 5.73 Å². The summed E-state index contributed by atoms with van der Waals surface area (Å²) < 4.78 is 0. The molecular weight excluding hydrogens is 222 g/mol. The van der Waals surface area contributed by atoms with E-state index in [1.165, 1.54) is 27.8 Å². The van der Waals surface area contributed by atoms with E-state index in [0.717, 1.165) is 17.8 Å². The van der Waals surface area contributed by atoms with Gasteiger partial charge in [0, 0.05) is 17.7 Å². The quantitative estimate of drug-likeness (QED) is 0.871. The molecule has 0 saturated carbocycles. The average molecular weight is 243 g/mol. The number of hydrogen-bond acceptors (Lipinski definition) is 2. The highest BCUT2D eigenvalue weighted by Gasteiger charge is 2.15. The maximum absolute atomic E-state index is 5.65. The van der Waals surface area contributed by atoms with Gasteiger partial charge in [-0.3, -0.25) is 5.10 Å². The molecular formula is C15H21N3. The zero-order valence-corrected chi connectivity index (χ0v) is 11.6. The van der Waals surface area contributed by atoms with E-state index in [1.807, 2.05) is 0 Å². The van der Waals surface area contributed by atoms with Gasteiger partial charge in [-0.25, -0.2) is 0 Å². The van der Waals surface area contributed by atoms with E-state index in [1.54, 1.807) is 0 Å². The minimum atomic E-state index is 0.626. The molecule has 3 nitrogen and oxygen atoms in total. The SMILES string of the molecule is Cc1ccc(-c2c(CCN)n[nH]c2C)c(C)c1C. The fraction of sp³-hybridized carbons (Fsp3) is 0.400. The summed E-state index contributed by atoms with van der Waals surface area (Å²) in [6.07, 6.45) is 0.812. The average Bonchev–Trinajstić information content (AvgIpc) is 2.69. The van der Waals surface area contributed by atoms with Crippen LogP contribution in [0.25, 0.3) is 11.1 Å². The Balaban J connectivity index is 2.62. The van der Waals surface area contributed by atoms with Crippen LogP contribution in [0.5, 0.6) is 0 Å². The first-order valence-electron chi connectivity index (χ1n) is 6.37. The van der Waals surface area contributed by atoms with Gasteiger partial charge in [-0.2, -0.15) is 5.10 Å². The van der Waals surface area contributed by atoms with Crippen LogP contribution in [-0.2, 0) is 6.42 Å². The first kappa shape index (κ1) is 12.8. The largest absolute Gasteiger partial charge is 0.330 e. The van der Waals surface area contributed by atoms with Crippen LogP contribution >= 0.6 is 0 Å². The molecule has 1 heterocycles. The molecule has 2 rings (SSSR count). The van der Waals surface area contributed by atoms with E-state index < -0.39 is 0 Å². The van der Waals surface area contributed by atoms with E-state index in [9.17, 15) is 0 Å². The van der Waals surface area contributed by atoms with E-state index in [-0.39, 0.29) is 0 Å². The van der Waals surface area contributed by atoms with E-state index in [2.05, 4.69) is 50.0 Å². The minimum absolute atomic E-state index is 0.626. The molecule has 0 radical (unpaired) electrons. The molecule has 0 amide bonds. The Bertz CT molecular complexity index is 567. The van der Waals surface area contributed by atoms with Crippen molar-refractivity contribution in [3.8, 4) is 11.1 Å². The van der Waals surface area contributed by atoms with Crippen molar-refractivity contribution in [3.63, 3.8) is 0 Å². The van der Waals surface area contributed by atoms with Crippen LogP contribution in [0.1, 0.15) is 28.1 Å². The van der Waals surface area contributed by atoms with Gasteiger partial charge >= 0.3 is 0 Å². The van der Waals surface area contributed by atoms with Gasteiger partial charge in [0.15, 0.2) is 0 Å². The van der Waals surface area contributed by atoms with Gasteiger partial charge in [-0.15, -0.1) is 0 Å². The molecule has 2 aromatic rings. The van der Waals surface area contributed by atoms with Gasteiger partial charge in [-0.05, 0) is 56.5 Å². The third-order valence-corrected chi connectivity index (χ3v) is 3.73. The second-order valence-electron chi connectivity index (χ2n) is 4.89. The molecule has 3 heteroatoms. The van der Waals surface area contributed by atoms with Crippen molar-refractivity contribution in [1.82, 2.24) is 10.2 Å². The zero-order valence-electron chi connectivity index (χ0n) is 11.6. The fourth-order valence-electron chi connectivity index (χ4n) is 2.38. The number of nitrogens with one attached hydrogen (secondary N) is 1. The normalized spacial score (nSPS) is 10.9. The first-order valence-corrected chi connectivity index (χ1v) is 6.37. The number of benzene rings is 1. The number of aromatic amines is 1. The summed E-state index contributed by atoms with van der Waals surface area (Å²) >= 11 is 0. The molecule has 0 unspecified atom stereocenters. The summed E-state index contributed by atoms with van der Waals surface area (Å²) in [5.74, 6) is 0. The van der Waals surface area contributed by atoms with Gasteiger partial charge in [0.25, 0.3) is 0 Å². The predicted molar refractivity (Wildman–Crippen MR) is 75.7 cm³/mol. The molecule has 1 aromatic heterocycles. The summed E-state index contributed by atoms with van der Waals surface area (Å²) in [6, 6.07) is 4.37. The maximum atomic E-state index is 5.65. The lowest BCUT2D eigenvalue weighted by atomic mass is 9.92. The molecule has 0 bridgehead atoms. The number of H-pyrrole nitrogens is 1. The smallest absolute Gasteiger partial charge is 0.0715 e. The Morgan fingerprint density at radius 3 is 2.50 bits per heavy atom. The summed E-state index contributed by atoms with van der Waals surface area (Å²) in [6.45, 7) is 9.19. The van der Waals surface area contributed by atoms with Crippen molar-refractivity contribution >= 4 is 0 Å². The second-order valence-corrected chi connectivity index (χ2v) is 4.89. The predicted octanol–water partition coefficient (Wildman–Crippen LogP) is 2.81. The topological polar surface area (TPSA) is 54.7 Å². The third-order valence-electron chi connectivity index (χ3n) is 3.73. The van der Waals surface area contributed by atoms with Gasteiger partial charge in [0.1, 0.15) is 0 Å². The number of hydrogen-bond donors (Lipinski definition) is 2. The lowest BCUT2D eigenvalue weighted by Crippen LogP contribution is -2.04. The second kappa shape index (κ2) is 4.94. The molecule has 0 fully saturated rings. The van der Waals surface area contributed by atoms with Crippen LogP contribution in [0, 0.1) is 27.7 Å². The molecule has 96 valence electrons. The van der Waals surface area contributed by atoms with Crippen LogP contribution in [0.15, 0.2) is 12.1 Å². The van der Waals surface area contributed by atoms with Crippen LogP contribution in [-0.4, -0.2) is 16.7 Å². The van der Waals surface area contributed by atoms with Crippen molar-refractivity contribution in [3.05, 3.63) is 40.2 Å². The molecule has 18 heavy (non-hydrogen) atoms. The van der Waals surface area contributed by atoms with E-state index in [4.69, 9.17) is 5.73 Å². The molecule has 0 saturated heterocycles. The Labute approximate surface area is 108 Å². The van der Waals surface area contributed by atoms with Gasteiger partial charge in [0.05, 0.1) is 5.69 Å². The van der Waals surface area contributed by atoms with Crippen molar-refractivity contribution in [2.75, 3.05) is 6.54 Å². The Kier molecular flexibility index (Phi) is 3.53. The molecule has 0 aliphatic heterocycles. The van der Waals surface area contributed by atoms with Gasteiger partial charge in [0.2, 0.25) is 0 Å². The number of aromatic nitrogens is 2. The molecule has 0 spiro atoms. The summed E-state index contributed by atoms with van der Waals surface area (Å²) in [7, 11) is 0. The fourth-order valence-corrected chi connectivity index (χ4v) is 2.38. The van der Waals surface area contributed by atoms with E-state index >= 15 is 0 Å². The number of nitrogens with two attached hydrogens (primary N) is 1. The van der Waals surface area contributed by atoms with Crippen molar-refractivity contribution < 1.29 is 0 Å². The third kappa shape index (κ3) is 2.06. The molecule has 0 aliphatic carbocycles. The summed E-state index contributed by atoms with van der Waals surface area (Å²) in [5.41, 5.74) is 14.4. The zero-order chi connectivity index (χ0) is 13.3. The Hall–Kier alpha value is -1.61. The van der Waals surface area contributed by atoms with Crippen LogP contribution in [0.2, 0.25) is 0 Å². The maximum Gasteiger partial charge on any atom is 0.0715 e. The molecule has 0 aliphatic rings. The summed E-state index contributed by atoms with van der Waals surface area (Å²) in [5, 5.41) is 7.45. The minimum Gasteiger partial charge on any atom is -0.330 e. The van der Waals surface area contributed by atoms with Crippen LogP contribution in [0.4, 0.5) is 0 Å². The van der Waals surface area contributed by atoms with Crippen molar-refractivity contribution in [2.45, 2.75) is 34.1 Å². The first-order chi connectivity index (χ1) is 8.56. The summed E-state index contributed by atoms with van der Waals surface area (Å²) in [4.78, 5) is 0. The van der Waals surface area contributed by atoms with Crippen molar-refractivity contribution in [2.24, 2.45) is 5.73 Å². The van der Waals surface area contributed by atoms with Gasteiger partial charge in [-0.1, -0.05) is 12.1 Å². The Morgan fingerprint density at radius 2 is 1.83 bits per heavy atom. The van der Waals surface area contributed by atoms with Crippen LogP contribution < -0.4 is 5.73 Å².